The highest BCUT2D eigenvalue weighted by Gasteiger charge is 2.08. The van der Waals surface area contributed by atoms with Gasteiger partial charge < -0.3 is 10.1 Å². The predicted molar refractivity (Wildman–Crippen MR) is 93.0 cm³/mol. The van der Waals surface area contributed by atoms with E-state index in [1.165, 1.54) is 0 Å². The Morgan fingerprint density at radius 2 is 2.16 bits per heavy atom. The van der Waals surface area contributed by atoms with Crippen molar-refractivity contribution in [1.29, 1.82) is 0 Å². The number of rotatable bonds is 6. The van der Waals surface area contributed by atoms with Gasteiger partial charge in [0.15, 0.2) is 6.61 Å². The Morgan fingerprint density at radius 1 is 1.28 bits per heavy atom. The second-order valence-corrected chi connectivity index (χ2v) is 5.85. The van der Waals surface area contributed by atoms with Gasteiger partial charge in [0.05, 0.1) is 29.6 Å². The molecule has 3 aromatic rings. The summed E-state index contributed by atoms with van der Waals surface area (Å²) < 4.78 is 6.95. The lowest BCUT2D eigenvalue weighted by molar-refractivity contribution is -0.123. The Kier molecular flexibility index (Phi) is 5.47. The molecule has 9 heteroatoms. The highest BCUT2D eigenvalue weighted by atomic mass is 35.5. The molecule has 0 bridgehead atoms. The van der Waals surface area contributed by atoms with Gasteiger partial charge in [0, 0.05) is 11.2 Å². The lowest BCUT2D eigenvalue weighted by Gasteiger charge is -2.08. The summed E-state index contributed by atoms with van der Waals surface area (Å²) in [4.78, 5) is 15.9. The Bertz CT molecular complexity index is 870. The number of carbonyl (C=O) groups is 1. The van der Waals surface area contributed by atoms with Gasteiger partial charge in [-0.15, -0.1) is 5.10 Å². The van der Waals surface area contributed by atoms with E-state index in [1.807, 2.05) is 6.07 Å². The third-order valence-corrected chi connectivity index (χ3v) is 3.70. The van der Waals surface area contributed by atoms with Crippen LogP contribution >= 0.6 is 23.2 Å². The van der Waals surface area contributed by atoms with Crippen molar-refractivity contribution in [1.82, 2.24) is 25.3 Å². The van der Waals surface area contributed by atoms with Gasteiger partial charge >= 0.3 is 0 Å². The van der Waals surface area contributed by atoms with E-state index in [1.54, 1.807) is 47.5 Å². The number of hydrogen-bond donors (Lipinski definition) is 1. The molecule has 2 heterocycles. The third kappa shape index (κ3) is 4.68. The van der Waals surface area contributed by atoms with E-state index in [9.17, 15) is 4.79 Å². The minimum absolute atomic E-state index is 0.169. The SMILES string of the molecule is O=C(COc1ccc(Cl)cc1Cl)NCc1cn(-c2cccnc2)nn1. The Labute approximate surface area is 153 Å². The highest BCUT2D eigenvalue weighted by molar-refractivity contribution is 6.35. The molecule has 0 radical (unpaired) electrons. The van der Waals surface area contributed by atoms with E-state index in [2.05, 4.69) is 20.6 Å². The average Bonchev–Trinajstić information content (AvgIpc) is 3.09. The number of nitrogens with zero attached hydrogens (tertiary/aromatic N) is 4. The summed E-state index contributed by atoms with van der Waals surface area (Å²) in [5, 5.41) is 11.5. The second kappa shape index (κ2) is 7.96. The fourth-order valence-corrected chi connectivity index (χ4v) is 2.43. The van der Waals surface area contributed by atoms with Crippen molar-refractivity contribution in [3.63, 3.8) is 0 Å². The molecular formula is C16H13Cl2N5O2. The number of nitrogens with one attached hydrogen (secondary N) is 1. The van der Waals surface area contributed by atoms with Gasteiger partial charge in [0.25, 0.3) is 5.91 Å². The molecule has 1 amide bonds. The number of ether oxygens (including phenoxy) is 1. The van der Waals surface area contributed by atoms with Crippen molar-refractivity contribution in [3.8, 4) is 11.4 Å². The normalized spacial score (nSPS) is 10.5. The number of amides is 1. The Hall–Kier alpha value is -2.64. The van der Waals surface area contributed by atoms with Gasteiger partial charge in [0.2, 0.25) is 0 Å². The van der Waals surface area contributed by atoms with E-state index >= 15 is 0 Å². The molecule has 0 fully saturated rings. The molecule has 0 saturated heterocycles. The number of carbonyl (C=O) groups excluding carboxylic acids is 1. The largest absolute Gasteiger partial charge is 0.482 e. The highest BCUT2D eigenvalue weighted by Crippen LogP contribution is 2.27. The fourth-order valence-electron chi connectivity index (χ4n) is 1.97. The lowest BCUT2D eigenvalue weighted by Crippen LogP contribution is -2.28. The van der Waals surface area contributed by atoms with E-state index in [4.69, 9.17) is 27.9 Å². The zero-order chi connectivity index (χ0) is 17.6. The van der Waals surface area contributed by atoms with Crippen LogP contribution < -0.4 is 10.1 Å². The van der Waals surface area contributed by atoms with Crippen LogP contribution in [0.4, 0.5) is 0 Å². The molecule has 0 atom stereocenters. The molecule has 2 aromatic heterocycles. The van der Waals surface area contributed by atoms with Crippen LogP contribution in [0.1, 0.15) is 5.69 Å². The maximum atomic E-state index is 11.9. The molecule has 0 aliphatic rings. The van der Waals surface area contributed by atoms with Crippen LogP contribution in [0.15, 0.2) is 48.9 Å². The first-order valence-electron chi connectivity index (χ1n) is 7.28. The van der Waals surface area contributed by atoms with E-state index in [0.717, 1.165) is 5.69 Å². The maximum absolute atomic E-state index is 11.9. The van der Waals surface area contributed by atoms with Gasteiger partial charge in [-0.25, -0.2) is 4.68 Å². The Balaban J connectivity index is 1.50. The molecule has 128 valence electrons. The lowest BCUT2D eigenvalue weighted by atomic mass is 10.3. The average molecular weight is 378 g/mol. The summed E-state index contributed by atoms with van der Waals surface area (Å²) >= 11 is 11.8. The van der Waals surface area contributed by atoms with Crippen LogP contribution in [0.25, 0.3) is 5.69 Å². The molecule has 3 rings (SSSR count). The zero-order valence-corrected chi connectivity index (χ0v) is 14.4. The van der Waals surface area contributed by atoms with Crippen molar-refractivity contribution in [2.24, 2.45) is 0 Å². The molecule has 0 unspecified atom stereocenters. The van der Waals surface area contributed by atoms with Crippen LogP contribution in [0.3, 0.4) is 0 Å². The molecule has 25 heavy (non-hydrogen) atoms. The number of benzene rings is 1. The molecule has 0 aliphatic carbocycles. The van der Waals surface area contributed by atoms with E-state index in [0.29, 0.717) is 21.5 Å². The monoisotopic (exact) mass is 377 g/mol. The summed E-state index contributed by atoms with van der Waals surface area (Å²) in [7, 11) is 0. The van der Waals surface area contributed by atoms with Gasteiger partial charge in [-0.3, -0.25) is 9.78 Å². The second-order valence-electron chi connectivity index (χ2n) is 5.01. The molecule has 0 saturated carbocycles. The van der Waals surface area contributed by atoms with Crippen LogP contribution in [0.5, 0.6) is 5.75 Å². The minimum Gasteiger partial charge on any atom is -0.482 e. The van der Waals surface area contributed by atoms with Crippen LogP contribution in [0, 0.1) is 0 Å². The summed E-state index contributed by atoms with van der Waals surface area (Å²) in [6.45, 7) is 0.0644. The van der Waals surface area contributed by atoms with Gasteiger partial charge in [-0.1, -0.05) is 28.4 Å². The van der Waals surface area contributed by atoms with Crippen LogP contribution in [0.2, 0.25) is 10.0 Å². The predicted octanol–water partition coefficient (Wildman–Crippen LogP) is 2.66. The smallest absolute Gasteiger partial charge is 0.258 e. The van der Waals surface area contributed by atoms with Gasteiger partial charge in [-0.05, 0) is 30.3 Å². The number of hydrogen-bond acceptors (Lipinski definition) is 5. The van der Waals surface area contributed by atoms with E-state index in [-0.39, 0.29) is 19.1 Å². The molecule has 1 aromatic carbocycles. The Morgan fingerprint density at radius 3 is 2.92 bits per heavy atom. The molecule has 1 N–H and O–H groups in total. The van der Waals surface area contributed by atoms with Crippen LogP contribution in [-0.4, -0.2) is 32.5 Å². The number of halogens is 2. The van der Waals surface area contributed by atoms with Crippen molar-refractivity contribution < 1.29 is 9.53 Å². The first-order valence-corrected chi connectivity index (χ1v) is 8.03. The summed E-state index contributed by atoms with van der Waals surface area (Å²) in [5.74, 6) is 0.0886. The summed E-state index contributed by atoms with van der Waals surface area (Å²) in [6.07, 6.45) is 5.06. The van der Waals surface area contributed by atoms with Crippen molar-refractivity contribution >= 4 is 29.1 Å². The van der Waals surface area contributed by atoms with Crippen molar-refractivity contribution in [2.45, 2.75) is 6.54 Å². The van der Waals surface area contributed by atoms with Gasteiger partial charge in [0.1, 0.15) is 11.4 Å². The molecule has 7 nitrogen and oxygen atoms in total. The standard InChI is InChI=1S/C16H13Cl2N5O2/c17-11-3-4-15(14(18)6-11)25-10-16(24)20-7-12-9-23(22-21-12)13-2-1-5-19-8-13/h1-6,8-9H,7,10H2,(H,20,24). The summed E-state index contributed by atoms with van der Waals surface area (Å²) in [5.41, 5.74) is 1.40. The van der Waals surface area contributed by atoms with Crippen molar-refractivity contribution in [3.05, 3.63) is 64.7 Å². The quantitative estimate of drug-likeness (QED) is 0.713. The van der Waals surface area contributed by atoms with E-state index < -0.39 is 0 Å². The maximum Gasteiger partial charge on any atom is 0.258 e. The van der Waals surface area contributed by atoms with Crippen molar-refractivity contribution in [2.75, 3.05) is 6.61 Å². The molecule has 0 aliphatic heterocycles. The molecular weight excluding hydrogens is 365 g/mol. The summed E-state index contributed by atoms with van der Waals surface area (Å²) in [6, 6.07) is 8.45. The van der Waals surface area contributed by atoms with Gasteiger partial charge in [-0.2, -0.15) is 0 Å². The minimum atomic E-state index is -0.304. The number of aromatic nitrogens is 4. The van der Waals surface area contributed by atoms with Crippen LogP contribution in [-0.2, 0) is 11.3 Å². The fraction of sp³-hybridized carbons (Fsp3) is 0.125. The first kappa shape index (κ1) is 17.2. The first-order chi connectivity index (χ1) is 12.1. The zero-order valence-electron chi connectivity index (χ0n) is 12.9. The molecule has 0 spiro atoms. The number of pyridine rings is 1. The third-order valence-electron chi connectivity index (χ3n) is 3.17. The topological polar surface area (TPSA) is 81.9 Å².